The van der Waals surface area contributed by atoms with E-state index in [4.69, 9.17) is 9.84 Å². The Morgan fingerprint density at radius 3 is 2.25 bits per heavy atom. The quantitative estimate of drug-likeness (QED) is 0.156. The molecule has 3 N–H and O–H groups in total. The number of hydrogen-bond donors (Lipinski definition) is 3. The molecule has 0 amide bonds. The number of phenolic OH excluding ortho intramolecular Hbond substituents is 2. The van der Waals surface area contributed by atoms with E-state index in [2.05, 4.69) is 0 Å². The molecule has 1 fully saturated rings. The zero-order valence-electron chi connectivity index (χ0n) is 19.7. The summed E-state index contributed by atoms with van der Waals surface area (Å²) in [4.78, 5) is 21.7. The van der Waals surface area contributed by atoms with Crippen molar-refractivity contribution in [2.45, 2.75) is 109 Å². The fraction of sp³-hybridized carbons (Fsp3) is 0.692. The molecule has 0 unspecified atom stereocenters. The van der Waals surface area contributed by atoms with Crippen LogP contribution in [0.15, 0.2) is 12.1 Å². The highest BCUT2D eigenvalue weighted by atomic mass is 16.5. The van der Waals surface area contributed by atoms with Crippen molar-refractivity contribution in [3.8, 4) is 11.5 Å². The van der Waals surface area contributed by atoms with Gasteiger partial charge in [0.15, 0.2) is 11.5 Å². The summed E-state index contributed by atoms with van der Waals surface area (Å²) in [5, 5.41) is 29.5. The van der Waals surface area contributed by atoms with Crippen LogP contribution in [0.1, 0.15) is 102 Å². The summed E-state index contributed by atoms with van der Waals surface area (Å²) in [5.41, 5.74) is 0.987. The summed E-state index contributed by atoms with van der Waals surface area (Å²) in [6.45, 7) is 4.09. The van der Waals surface area contributed by atoms with Gasteiger partial charge in [0.2, 0.25) is 0 Å². The van der Waals surface area contributed by atoms with Gasteiger partial charge in [-0.15, -0.1) is 0 Å². The van der Waals surface area contributed by atoms with E-state index in [1.807, 2.05) is 6.07 Å². The maximum atomic E-state index is 11.2. The Labute approximate surface area is 192 Å². The van der Waals surface area contributed by atoms with Gasteiger partial charge in [-0.05, 0) is 88.8 Å². The molecule has 0 spiro atoms. The van der Waals surface area contributed by atoms with Crippen molar-refractivity contribution in [3.63, 3.8) is 0 Å². The first kappa shape index (κ1) is 26.0. The van der Waals surface area contributed by atoms with E-state index in [1.165, 1.54) is 0 Å². The van der Waals surface area contributed by atoms with E-state index >= 15 is 0 Å². The summed E-state index contributed by atoms with van der Waals surface area (Å²) < 4.78 is 5.18. The van der Waals surface area contributed by atoms with Crippen molar-refractivity contribution < 1.29 is 29.6 Å². The third kappa shape index (κ3) is 8.36. The minimum Gasteiger partial charge on any atom is -0.504 e. The summed E-state index contributed by atoms with van der Waals surface area (Å²) in [6, 6.07) is 3.66. The number of carbonyl (C=O) groups is 2. The topological polar surface area (TPSA) is 104 Å². The fourth-order valence-electron chi connectivity index (χ4n) is 4.22. The van der Waals surface area contributed by atoms with Gasteiger partial charge in [-0.3, -0.25) is 9.59 Å². The zero-order valence-corrected chi connectivity index (χ0v) is 19.7. The number of rotatable bonds is 17. The number of benzene rings is 1. The van der Waals surface area contributed by atoms with E-state index < -0.39 is 11.4 Å². The molecule has 1 aliphatic carbocycles. The van der Waals surface area contributed by atoms with Gasteiger partial charge in [0.05, 0.1) is 5.41 Å². The number of carboxylic acid groups (broad SMARTS) is 1. The second-order valence-corrected chi connectivity index (χ2v) is 10.0. The predicted octanol–water partition coefficient (Wildman–Crippen LogP) is 5.90. The molecule has 6 heteroatoms. The number of carbonyl (C=O) groups excluding carboxylic acids is 1. The van der Waals surface area contributed by atoms with Gasteiger partial charge in [-0.1, -0.05) is 38.2 Å². The lowest BCUT2D eigenvalue weighted by molar-refractivity contribution is -0.147. The Kier molecular flexibility index (Phi) is 9.85. The number of hydrogen-bond acceptors (Lipinski definition) is 5. The minimum atomic E-state index is -0.756. The second-order valence-electron chi connectivity index (χ2n) is 10.0. The second kappa shape index (κ2) is 12.1. The van der Waals surface area contributed by atoms with Crippen LogP contribution in [0.5, 0.6) is 11.5 Å². The number of carboxylic acids is 1. The van der Waals surface area contributed by atoms with Crippen LogP contribution in [0.4, 0.5) is 0 Å². The third-order valence-electron chi connectivity index (χ3n) is 6.76. The Morgan fingerprint density at radius 1 is 1.00 bits per heavy atom. The Bertz CT molecular complexity index is 751. The van der Waals surface area contributed by atoms with Crippen molar-refractivity contribution in [2.24, 2.45) is 5.41 Å². The lowest BCUT2D eigenvalue weighted by atomic mass is 9.87. The molecule has 1 aromatic rings. The average molecular weight is 449 g/mol. The fourth-order valence-corrected chi connectivity index (χ4v) is 4.22. The molecular formula is C26H40O6. The van der Waals surface area contributed by atoms with Gasteiger partial charge in [-0.25, -0.2) is 0 Å². The molecule has 1 aromatic carbocycles. The van der Waals surface area contributed by atoms with Crippen LogP contribution < -0.4 is 0 Å². The SMILES string of the molecule is CC(C)(CCCCCCc1cc(CCCCCCC2(OC=O)CC2)cc(O)c1O)C(=O)O. The van der Waals surface area contributed by atoms with Gasteiger partial charge in [-0.2, -0.15) is 0 Å². The van der Waals surface area contributed by atoms with Crippen LogP contribution in [0, 0.1) is 5.41 Å². The van der Waals surface area contributed by atoms with Crippen molar-refractivity contribution >= 4 is 12.4 Å². The van der Waals surface area contributed by atoms with Crippen LogP contribution in [0.3, 0.4) is 0 Å². The van der Waals surface area contributed by atoms with Crippen LogP contribution in [0.2, 0.25) is 0 Å². The van der Waals surface area contributed by atoms with Gasteiger partial charge in [0, 0.05) is 0 Å². The van der Waals surface area contributed by atoms with Crippen LogP contribution >= 0.6 is 0 Å². The highest BCUT2D eigenvalue weighted by molar-refractivity contribution is 5.73. The lowest BCUT2D eigenvalue weighted by Crippen LogP contribution is -2.23. The molecule has 2 rings (SSSR count). The largest absolute Gasteiger partial charge is 0.504 e. The molecule has 180 valence electrons. The summed E-state index contributed by atoms with van der Waals surface area (Å²) >= 11 is 0. The van der Waals surface area contributed by atoms with Gasteiger partial charge in [0.25, 0.3) is 6.47 Å². The zero-order chi connectivity index (χ0) is 23.6. The summed E-state index contributed by atoms with van der Waals surface area (Å²) in [6.07, 6.45) is 13.1. The number of aryl methyl sites for hydroxylation is 2. The number of aromatic hydroxyl groups is 2. The van der Waals surface area contributed by atoms with Crippen LogP contribution in [-0.4, -0.2) is 33.4 Å². The molecular weight excluding hydrogens is 408 g/mol. The van der Waals surface area contributed by atoms with Crippen molar-refractivity contribution in [2.75, 3.05) is 0 Å². The van der Waals surface area contributed by atoms with Crippen LogP contribution in [-0.2, 0) is 27.2 Å². The number of unbranched alkanes of at least 4 members (excludes halogenated alkanes) is 6. The maximum absolute atomic E-state index is 11.2. The molecule has 0 saturated heterocycles. The van der Waals surface area contributed by atoms with Gasteiger partial charge < -0.3 is 20.1 Å². The van der Waals surface area contributed by atoms with E-state index in [-0.39, 0.29) is 17.1 Å². The maximum Gasteiger partial charge on any atom is 0.309 e. The molecule has 0 atom stereocenters. The first-order chi connectivity index (χ1) is 15.2. The van der Waals surface area contributed by atoms with Crippen molar-refractivity contribution in [3.05, 3.63) is 23.3 Å². The summed E-state index contributed by atoms with van der Waals surface area (Å²) in [7, 11) is 0. The molecule has 0 aliphatic heterocycles. The standard InChI is InChI=1S/C26H40O6/c1-25(2,24(30)31)13-9-5-4-8-12-21-17-20(18-22(28)23(21)29)11-7-3-6-10-14-26(15-16-26)32-19-27/h17-19,28-29H,3-16H2,1-2H3,(H,30,31). The number of phenols is 2. The molecule has 1 aliphatic rings. The van der Waals surface area contributed by atoms with Crippen LogP contribution in [0.25, 0.3) is 0 Å². The van der Waals surface area contributed by atoms with E-state index in [0.717, 1.165) is 88.2 Å². The Balaban J connectivity index is 1.67. The van der Waals surface area contributed by atoms with Gasteiger partial charge >= 0.3 is 5.97 Å². The molecule has 0 radical (unpaired) electrons. The smallest absolute Gasteiger partial charge is 0.309 e. The number of ether oxygens (including phenoxy) is 1. The van der Waals surface area contributed by atoms with Crippen molar-refractivity contribution in [1.82, 2.24) is 0 Å². The Morgan fingerprint density at radius 2 is 1.62 bits per heavy atom. The Hall–Kier alpha value is -2.24. The normalized spacial score (nSPS) is 14.8. The first-order valence-electron chi connectivity index (χ1n) is 12.1. The summed E-state index contributed by atoms with van der Waals surface area (Å²) in [5.74, 6) is -0.832. The number of aliphatic carboxylic acids is 1. The highest BCUT2D eigenvalue weighted by Gasteiger charge is 2.44. The monoisotopic (exact) mass is 448 g/mol. The lowest BCUT2D eigenvalue weighted by Gasteiger charge is -2.18. The molecule has 1 saturated carbocycles. The minimum absolute atomic E-state index is 0.0225. The highest BCUT2D eigenvalue weighted by Crippen LogP contribution is 2.43. The average Bonchev–Trinajstić information content (AvgIpc) is 3.50. The molecule has 0 heterocycles. The molecule has 0 aromatic heterocycles. The van der Waals surface area contributed by atoms with Crippen molar-refractivity contribution in [1.29, 1.82) is 0 Å². The van der Waals surface area contributed by atoms with Gasteiger partial charge in [0.1, 0.15) is 5.60 Å². The molecule has 32 heavy (non-hydrogen) atoms. The van der Waals surface area contributed by atoms with E-state index in [9.17, 15) is 19.8 Å². The molecule has 0 bridgehead atoms. The van der Waals surface area contributed by atoms with E-state index in [1.54, 1.807) is 19.9 Å². The van der Waals surface area contributed by atoms with E-state index in [0.29, 0.717) is 19.3 Å². The predicted molar refractivity (Wildman–Crippen MR) is 124 cm³/mol. The first-order valence-corrected chi connectivity index (χ1v) is 12.1. The third-order valence-corrected chi connectivity index (χ3v) is 6.76. The molecule has 6 nitrogen and oxygen atoms in total.